The highest BCUT2D eigenvalue weighted by Gasteiger charge is 2.35. The number of nitrogens with one attached hydrogen (secondary N) is 4. The molecule has 10 heteroatoms. The van der Waals surface area contributed by atoms with E-state index in [1.165, 1.54) is 0 Å². The van der Waals surface area contributed by atoms with Gasteiger partial charge in [-0.05, 0) is 50.9 Å². The summed E-state index contributed by atoms with van der Waals surface area (Å²) in [5, 5.41) is 22.1. The largest absolute Gasteiger partial charge is 0.444 e. The van der Waals surface area contributed by atoms with Gasteiger partial charge < -0.3 is 31.1 Å². The molecule has 6 atom stereocenters. The van der Waals surface area contributed by atoms with Gasteiger partial charge in [0.15, 0.2) is 0 Å². The minimum atomic E-state index is -1.08. The van der Waals surface area contributed by atoms with E-state index in [2.05, 4.69) is 21.3 Å². The highest BCUT2D eigenvalue weighted by molar-refractivity contribution is 5.91. The van der Waals surface area contributed by atoms with Crippen molar-refractivity contribution < 1.29 is 29.0 Å². The standard InChI is InChI=1S/C29H56N4O6/c1-12-19(7)24(32-27(37)25(20(8)13-2)33-28(38)39-29(9,10)11)26(36)31-21(14-17(3)4)22(34)15-23(35)30-16-18(5)6/h17-22,24-25,34H,12-16H2,1-11H3,(H,30,35)(H,31,36)(H,32,37)(H,33,38)/t19-,20-,21-,22-,24-,25-/m0/s1. The first-order valence-electron chi connectivity index (χ1n) is 14.5. The lowest BCUT2D eigenvalue weighted by molar-refractivity contribution is -0.133. The van der Waals surface area contributed by atoms with Crippen LogP contribution in [0.5, 0.6) is 0 Å². The number of hydrogen-bond acceptors (Lipinski definition) is 6. The number of carbonyl (C=O) groups excluding carboxylic acids is 4. The number of aliphatic hydroxyl groups excluding tert-OH is 1. The summed E-state index contributed by atoms with van der Waals surface area (Å²) in [5.74, 6) is -1.21. The third kappa shape index (κ3) is 15.1. The quantitative estimate of drug-likeness (QED) is 0.197. The molecule has 0 heterocycles. The SMILES string of the molecule is CC[C@H](C)[C@H](NC(=O)OC(C)(C)C)C(=O)N[C@H](C(=O)N[C@@H](CC(C)C)[C@@H](O)CC(=O)NCC(C)C)[C@@H](C)CC. The molecule has 0 radical (unpaired) electrons. The van der Waals surface area contributed by atoms with Gasteiger partial charge in [-0.3, -0.25) is 14.4 Å². The number of carbonyl (C=O) groups is 4. The Kier molecular flexibility index (Phi) is 16.3. The molecule has 0 aromatic rings. The number of aliphatic hydroxyl groups is 1. The smallest absolute Gasteiger partial charge is 0.408 e. The zero-order valence-electron chi connectivity index (χ0n) is 26.1. The molecule has 228 valence electrons. The van der Waals surface area contributed by atoms with E-state index < -0.39 is 47.7 Å². The van der Waals surface area contributed by atoms with Crippen molar-refractivity contribution in [2.75, 3.05) is 6.54 Å². The van der Waals surface area contributed by atoms with E-state index in [1.807, 2.05) is 55.4 Å². The van der Waals surface area contributed by atoms with Crippen molar-refractivity contribution in [3.05, 3.63) is 0 Å². The van der Waals surface area contributed by atoms with E-state index in [0.717, 1.165) is 0 Å². The second-order valence-electron chi connectivity index (χ2n) is 12.6. The molecule has 0 fully saturated rings. The molecular weight excluding hydrogens is 500 g/mol. The zero-order chi connectivity index (χ0) is 30.5. The normalized spacial score (nSPS) is 16.5. The van der Waals surface area contributed by atoms with Crippen molar-refractivity contribution in [2.24, 2.45) is 23.7 Å². The van der Waals surface area contributed by atoms with E-state index in [1.54, 1.807) is 20.8 Å². The Morgan fingerprint density at radius 2 is 1.26 bits per heavy atom. The molecule has 0 aromatic heterocycles. The lowest BCUT2D eigenvalue weighted by atomic mass is 9.93. The van der Waals surface area contributed by atoms with Crippen LogP contribution < -0.4 is 21.3 Å². The molecular formula is C29H56N4O6. The maximum atomic E-state index is 13.5. The minimum Gasteiger partial charge on any atom is -0.444 e. The third-order valence-electron chi connectivity index (χ3n) is 6.58. The molecule has 0 aliphatic rings. The van der Waals surface area contributed by atoms with Crippen molar-refractivity contribution in [2.45, 2.75) is 132 Å². The van der Waals surface area contributed by atoms with Crippen molar-refractivity contribution >= 4 is 23.8 Å². The second kappa shape index (κ2) is 17.4. The van der Waals surface area contributed by atoms with E-state index in [0.29, 0.717) is 25.8 Å². The fourth-order valence-electron chi connectivity index (χ4n) is 3.90. The van der Waals surface area contributed by atoms with Crippen LogP contribution in [0, 0.1) is 23.7 Å². The van der Waals surface area contributed by atoms with Crippen molar-refractivity contribution in [1.29, 1.82) is 0 Å². The van der Waals surface area contributed by atoms with Gasteiger partial charge in [-0.25, -0.2) is 4.79 Å². The summed E-state index contributed by atoms with van der Waals surface area (Å²) < 4.78 is 5.34. The zero-order valence-corrected chi connectivity index (χ0v) is 26.1. The van der Waals surface area contributed by atoms with Gasteiger partial charge in [0, 0.05) is 6.54 Å². The van der Waals surface area contributed by atoms with Crippen molar-refractivity contribution in [1.82, 2.24) is 21.3 Å². The van der Waals surface area contributed by atoms with E-state index in [9.17, 15) is 24.3 Å². The fourth-order valence-corrected chi connectivity index (χ4v) is 3.90. The van der Waals surface area contributed by atoms with Crippen LogP contribution in [0.2, 0.25) is 0 Å². The Morgan fingerprint density at radius 3 is 1.69 bits per heavy atom. The van der Waals surface area contributed by atoms with Gasteiger partial charge in [-0.15, -0.1) is 0 Å². The number of amides is 4. The topological polar surface area (TPSA) is 146 Å². The average molecular weight is 557 g/mol. The summed E-state index contributed by atoms with van der Waals surface area (Å²) in [6.45, 7) is 21.2. The Morgan fingerprint density at radius 1 is 0.769 bits per heavy atom. The summed E-state index contributed by atoms with van der Waals surface area (Å²) in [6.07, 6.45) is -0.236. The van der Waals surface area contributed by atoms with Crippen molar-refractivity contribution in [3.8, 4) is 0 Å². The average Bonchev–Trinajstić information content (AvgIpc) is 2.81. The van der Waals surface area contributed by atoms with Crippen LogP contribution in [0.3, 0.4) is 0 Å². The Balaban J connectivity index is 5.73. The van der Waals surface area contributed by atoms with E-state index >= 15 is 0 Å². The monoisotopic (exact) mass is 556 g/mol. The Bertz CT molecular complexity index is 780. The predicted molar refractivity (Wildman–Crippen MR) is 154 cm³/mol. The van der Waals surface area contributed by atoms with Gasteiger partial charge in [0.2, 0.25) is 17.7 Å². The summed E-state index contributed by atoms with van der Waals surface area (Å²) in [5.41, 5.74) is -0.725. The van der Waals surface area contributed by atoms with E-state index in [-0.39, 0.29) is 36.0 Å². The molecule has 0 aromatic carbocycles. The Hall–Kier alpha value is -2.36. The van der Waals surface area contributed by atoms with Gasteiger partial charge >= 0.3 is 6.09 Å². The lowest BCUT2D eigenvalue weighted by Crippen LogP contribution is -2.59. The summed E-state index contributed by atoms with van der Waals surface area (Å²) in [4.78, 5) is 51.7. The maximum Gasteiger partial charge on any atom is 0.408 e. The molecule has 0 rings (SSSR count). The van der Waals surface area contributed by atoms with Crippen molar-refractivity contribution in [3.63, 3.8) is 0 Å². The molecule has 39 heavy (non-hydrogen) atoms. The van der Waals surface area contributed by atoms with Crippen LogP contribution >= 0.6 is 0 Å². The molecule has 10 nitrogen and oxygen atoms in total. The number of alkyl carbamates (subject to hydrolysis) is 1. The molecule has 0 aliphatic carbocycles. The highest BCUT2D eigenvalue weighted by Crippen LogP contribution is 2.16. The van der Waals surface area contributed by atoms with Gasteiger partial charge in [-0.2, -0.15) is 0 Å². The molecule has 0 saturated heterocycles. The van der Waals surface area contributed by atoms with Crippen LogP contribution in [0.25, 0.3) is 0 Å². The number of rotatable bonds is 16. The molecule has 0 unspecified atom stereocenters. The number of ether oxygens (including phenoxy) is 1. The fraction of sp³-hybridized carbons (Fsp3) is 0.862. The molecule has 0 bridgehead atoms. The van der Waals surface area contributed by atoms with Crippen LogP contribution in [0.4, 0.5) is 4.79 Å². The van der Waals surface area contributed by atoms with E-state index in [4.69, 9.17) is 4.74 Å². The lowest BCUT2D eigenvalue weighted by Gasteiger charge is -2.32. The van der Waals surface area contributed by atoms with Gasteiger partial charge in [0.05, 0.1) is 18.6 Å². The minimum absolute atomic E-state index is 0.138. The Labute approximate surface area is 236 Å². The van der Waals surface area contributed by atoms with Crippen LogP contribution in [-0.4, -0.2) is 65.3 Å². The molecule has 0 saturated carbocycles. The second-order valence-corrected chi connectivity index (χ2v) is 12.6. The van der Waals surface area contributed by atoms with Crippen LogP contribution in [0.1, 0.15) is 102 Å². The third-order valence-corrected chi connectivity index (χ3v) is 6.58. The molecule has 0 aliphatic heterocycles. The van der Waals surface area contributed by atoms with Crippen LogP contribution in [-0.2, 0) is 19.1 Å². The van der Waals surface area contributed by atoms with Gasteiger partial charge in [-0.1, -0.05) is 68.2 Å². The number of hydrogen-bond donors (Lipinski definition) is 5. The maximum absolute atomic E-state index is 13.5. The predicted octanol–water partition coefficient (Wildman–Crippen LogP) is 3.51. The first kappa shape index (κ1) is 36.6. The summed E-state index contributed by atoms with van der Waals surface area (Å²) >= 11 is 0. The first-order valence-corrected chi connectivity index (χ1v) is 14.5. The van der Waals surface area contributed by atoms with Gasteiger partial charge in [0.1, 0.15) is 17.7 Å². The summed E-state index contributed by atoms with van der Waals surface area (Å²) in [7, 11) is 0. The molecule has 5 N–H and O–H groups in total. The first-order chi connectivity index (χ1) is 17.9. The summed E-state index contributed by atoms with van der Waals surface area (Å²) in [6, 6.07) is -2.46. The highest BCUT2D eigenvalue weighted by atomic mass is 16.6. The molecule has 0 spiro atoms. The van der Waals surface area contributed by atoms with Crippen LogP contribution in [0.15, 0.2) is 0 Å². The van der Waals surface area contributed by atoms with Gasteiger partial charge in [0.25, 0.3) is 0 Å². The molecule has 4 amide bonds.